The van der Waals surface area contributed by atoms with E-state index >= 15 is 0 Å². The summed E-state index contributed by atoms with van der Waals surface area (Å²) in [6.45, 7) is 1.52. The van der Waals surface area contributed by atoms with Crippen LogP contribution in [0.2, 0.25) is 0 Å². The Morgan fingerprint density at radius 1 is 1.03 bits per heavy atom. The monoisotopic (exact) mass is 430 g/mol. The lowest BCUT2D eigenvalue weighted by Gasteiger charge is -2.11. The molecule has 0 spiro atoms. The van der Waals surface area contributed by atoms with E-state index < -0.39 is 0 Å². The summed E-state index contributed by atoms with van der Waals surface area (Å²) in [5.41, 5.74) is 3.80. The molecule has 3 rings (SSSR count). The van der Waals surface area contributed by atoms with Gasteiger partial charge in [0.1, 0.15) is 28.4 Å². The molecule has 0 N–H and O–H groups in total. The highest BCUT2D eigenvalue weighted by Crippen LogP contribution is 2.32. The number of benzene rings is 2. The summed E-state index contributed by atoms with van der Waals surface area (Å²) in [5, 5.41) is 10.4. The lowest BCUT2D eigenvalue weighted by Crippen LogP contribution is -1.99. The fourth-order valence-corrected chi connectivity index (χ4v) is 3.71. The van der Waals surface area contributed by atoms with Crippen LogP contribution < -0.4 is 9.47 Å². The van der Waals surface area contributed by atoms with Gasteiger partial charge in [-0.25, -0.2) is 4.98 Å². The summed E-state index contributed by atoms with van der Waals surface area (Å²) in [6, 6.07) is 19.4. The second-order valence-electron chi connectivity index (χ2n) is 6.71. The Kier molecular flexibility index (Phi) is 7.47. The molecule has 0 aliphatic carbocycles. The third-order valence-corrected chi connectivity index (χ3v) is 5.61. The zero-order chi connectivity index (χ0) is 22.2. The molecule has 0 aliphatic heterocycles. The van der Waals surface area contributed by atoms with Gasteiger partial charge >= 0.3 is 0 Å². The topological polar surface area (TPSA) is 72.2 Å². The number of ketones is 1. The molecule has 156 valence electrons. The Labute approximate surface area is 186 Å². The van der Waals surface area contributed by atoms with Crippen molar-refractivity contribution in [3.8, 4) is 28.7 Å². The number of hydrogen-bond acceptors (Lipinski definition) is 6. The van der Waals surface area contributed by atoms with E-state index in [0.717, 1.165) is 28.2 Å². The van der Waals surface area contributed by atoms with Crippen molar-refractivity contribution in [2.75, 3.05) is 20.0 Å². The number of nitrogens with zero attached hydrogens (tertiary/aromatic N) is 2. The van der Waals surface area contributed by atoms with Crippen LogP contribution in [0.1, 0.15) is 23.7 Å². The SMILES string of the molecule is COc1ccc(/C=C/c2cc(-c3ccc(OC)cc3)c(C#N)c(SCC(C)=O)n2)cc1. The van der Waals surface area contributed by atoms with Crippen LogP contribution in [0.5, 0.6) is 11.5 Å². The number of hydrogen-bond donors (Lipinski definition) is 0. The van der Waals surface area contributed by atoms with Gasteiger partial charge in [-0.15, -0.1) is 0 Å². The van der Waals surface area contributed by atoms with E-state index in [-0.39, 0.29) is 11.5 Å². The van der Waals surface area contributed by atoms with Crippen LogP contribution in [0.25, 0.3) is 23.3 Å². The lowest BCUT2D eigenvalue weighted by molar-refractivity contribution is -0.114. The number of rotatable bonds is 8. The van der Waals surface area contributed by atoms with Crippen LogP contribution in [0.4, 0.5) is 0 Å². The van der Waals surface area contributed by atoms with E-state index in [2.05, 4.69) is 11.1 Å². The molecule has 6 heteroatoms. The number of aromatic nitrogens is 1. The van der Waals surface area contributed by atoms with Gasteiger partial charge < -0.3 is 9.47 Å². The van der Waals surface area contributed by atoms with Crippen molar-refractivity contribution in [3.63, 3.8) is 0 Å². The molecule has 0 atom stereocenters. The van der Waals surface area contributed by atoms with E-state index in [9.17, 15) is 10.1 Å². The maximum Gasteiger partial charge on any atom is 0.140 e. The van der Waals surface area contributed by atoms with Gasteiger partial charge in [0.25, 0.3) is 0 Å². The first-order chi connectivity index (χ1) is 15.0. The van der Waals surface area contributed by atoms with Crippen LogP contribution in [0, 0.1) is 11.3 Å². The van der Waals surface area contributed by atoms with Crippen LogP contribution in [0.3, 0.4) is 0 Å². The number of thioether (sulfide) groups is 1. The molecule has 0 aliphatic rings. The lowest BCUT2D eigenvalue weighted by atomic mass is 10.0. The van der Waals surface area contributed by atoms with Gasteiger partial charge in [-0.05, 0) is 54.5 Å². The Bertz CT molecular complexity index is 1130. The summed E-state index contributed by atoms with van der Waals surface area (Å²) in [6.07, 6.45) is 3.85. The highest BCUT2D eigenvalue weighted by atomic mass is 32.2. The summed E-state index contributed by atoms with van der Waals surface area (Å²) >= 11 is 1.28. The smallest absolute Gasteiger partial charge is 0.140 e. The molecule has 5 nitrogen and oxygen atoms in total. The average molecular weight is 431 g/mol. The quantitative estimate of drug-likeness (QED) is 0.440. The van der Waals surface area contributed by atoms with E-state index in [1.165, 1.54) is 18.7 Å². The van der Waals surface area contributed by atoms with Gasteiger partial charge in [-0.2, -0.15) is 5.26 Å². The first kappa shape index (κ1) is 22.1. The molecule has 0 fully saturated rings. The normalized spacial score (nSPS) is 10.6. The molecule has 3 aromatic rings. The number of methoxy groups -OCH3 is 2. The standard InChI is InChI=1S/C25H22N2O3S/c1-17(28)16-31-25-24(15-26)23(19-7-12-22(30-3)13-8-19)14-20(27-25)9-4-18-5-10-21(29-2)11-6-18/h4-14H,16H2,1-3H3/b9-4+. The number of pyridine rings is 1. The Hall–Kier alpha value is -3.56. The molecule has 1 aromatic heterocycles. The van der Waals surface area contributed by atoms with Gasteiger partial charge in [0.2, 0.25) is 0 Å². The minimum absolute atomic E-state index is 0.0286. The molecule has 0 amide bonds. The van der Waals surface area contributed by atoms with Gasteiger partial charge in [0, 0.05) is 5.56 Å². The molecule has 31 heavy (non-hydrogen) atoms. The average Bonchev–Trinajstić information content (AvgIpc) is 2.81. The largest absolute Gasteiger partial charge is 0.497 e. The fourth-order valence-electron chi connectivity index (χ4n) is 2.90. The Balaban J connectivity index is 2.04. The molecule has 1 heterocycles. The number of carbonyl (C=O) groups excluding carboxylic acids is 1. The van der Waals surface area contributed by atoms with Crippen molar-refractivity contribution < 1.29 is 14.3 Å². The van der Waals surface area contributed by atoms with Crippen LogP contribution in [0.15, 0.2) is 59.6 Å². The maximum absolute atomic E-state index is 11.5. The van der Waals surface area contributed by atoms with E-state index in [4.69, 9.17) is 9.47 Å². The molecule has 0 radical (unpaired) electrons. The number of Topliss-reactive ketones (excluding diaryl/α,β-unsaturated/α-hetero) is 1. The summed E-state index contributed by atoms with van der Waals surface area (Å²) in [5.74, 6) is 1.82. The Morgan fingerprint density at radius 2 is 1.65 bits per heavy atom. The third-order valence-electron chi connectivity index (χ3n) is 4.49. The zero-order valence-electron chi connectivity index (χ0n) is 17.6. The summed E-state index contributed by atoms with van der Waals surface area (Å²) in [4.78, 5) is 16.2. The van der Waals surface area contributed by atoms with Gasteiger partial charge in [-0.1, -0.05) is 42.1 Å². The van der Waals surface area contributed by atoms with Crippen LogP contribution in [-0.2, 0) is 4.79 Å². The van der Waals surface area contributed by atoms with Crippen molar-refractivity contribution in [2.24, 2.45) is 0 Å². The van der Waals surface area contributed by atoms with Crippen molar-refractivity contribution in [1.29, 1.82) is 5.26 Å². The summed E-state index contributed by atoms with van der Waals surface area (Å²) in [7, 11) is 3.24. The number of ether oxygens (including phenoxy) is 2. The van der Waals surface area contributed by atoms with Crippen molar-refractivity contribution in [3.05, 3.63) is 71.4 Å². The molecule has 0 unspecified atom stereocenters. The van der Waals surface area contributed by atoms with Crippen molar-refractivity contribution in [2.45, 2.75) is 11.9 Å². The molecular weight excluding hydrogens is 408 g/mol. The highest BCUT2D eigenvalue weighted by Gasteiger charge is 2.15. The second-order valence-corrected chi connectivity index (χ2v) is 7.68. The minimum Gasteiger partial charge on any atom is -0.497 e. The van der Waals surface area contributed by atoms with Crippen molar-refractivity contribution in [1.82, 2.24) is 4.98 Å². The first-order valence-corrected chi connectivity index (χ1v) is 10.6. The van der Waals surface area contributed by atoms with Gasteiger partial charge in [0.05, 0.1) is 31.2 Å². The predicted octanol–water partition coefficient (Wildman–Crippen LogP) is 5.49. The van der Waals surface area contributed by atoms with E-state index in [1.54, 1.807) is 14.2 Å². The fraction of sp³-hybridized carbons (Fsp3) is 0.160. The van der Waals surface area contributed by atoms with E-state index in [0.29, 0.717) is 16.3 Å². The zero-order valence-corrected chi connectivity index (χ0v) is 18.4. The third kappa shape index (κ3) is 5.74. The number of nitriles is 1. The first-order valence-electron chi connectivity index (χ1n) is 9.58. The molecule has 0 saturated heterocycles. The molecular formula is C25H22N2O3S. The Morgan fingerprint density at radius 3 is 2.19 bits per heavy atom. The molecule has 0 saturated carbocycles. The second kappa shape index (κ2) is 10.5. The number of carbonyl (C=O) groups is 1. The van der Waals surface area contributed by atoms with Crippen LogP contribution in [-0.4, -0.2) is 30.7 Å². The molecule has 0 bridgehead atoms. The predicted molar refractivity (Wildman–Crippen MR) is 124 cm³/mol. The van der Waals surface area contributed by atoms with Crippen molar-refractivity contribution >= 4 is 29.7 Å². The summed E-state index contributed by atoms with van der Waals surface area (Å²) < 4.78 is 10.4. The maximum atomic E-state index is 11.5. The highest BCUT2D eigenvalue weighted by molar-refractivity contribution is 8.00. The van der Waals surface area contributed by atoms with Gasteiger partial charge in [0.15, 0.2) is 0 Å². The van der Waals surface area contributed by atoms with Crippen LogP contribution >= 0.6 is 11.8 Å². The molecule has 2 aromatic carbocycles. The minimum atomic E-state index is 0.0286. The van der Waals surface area contributed by atoms with E-state index in [1.807, 2.05) is 66.7 Å². The van der Waals surface area contributed by atoms with Gasteiger partial charge in [-0.3, -0.25) is 4.79 Å².